The van der Waals surface area contributed by atoms with Gasteiger partial charge in [-0.25, -0.2) is 4.79 Å². The fourth-order valence-corrected chi connectivity index (χ4v) is 2.56. The molecular weight excluding hydrogens is 328 g/mol. The number of Topliss-reactive ketones (excluding diaryl/α,β-unsaturated/α-hetero) is 1. The molecule has 0 spiro atoms. The maximum Gasteiger partial charge on any atom is 0.338 e. The van der Waals surface area contributed by atoms with Crippen LogP contribution >= 0.6 is 11.6 Å². The van der Waals surface area contributed by atoms with Gasteiger partial charge in [-0.2, -0.15) is 0 Å². The zero-order valence-electron chi connectivity index (χ0n) is 12.9. The molecule has 3 rings (SSSR count). The molecule has 0 fully saturated rings. The molecule has 1 aromatic heterocycles. The molecule has 0 bridgehead atoms. The van der Waals surface area contributed by atoms with Crippen molar-refractivity contribution in [2.75, 3.05) is 5.73 Å². The number of nitrogen functional groups attached to an aromatic ring is 1. The quantitative estimate of drug-likeness (QED) is 0.428. The Hall–Kier alpha value is -2.79. The number of halogens is 1. The number of aromatic amines is 1. The van der Waals surface area contributed by atoms with E-state index in [0.717, 1.165) is 10.9 Å². The number of para-hydroxylation sites is 1. The molecule has 6 heteroatoms. The molecule has 0 radical (unpaired) electrons. The highest BCUT2D eigenvalue weighted by Gasteiger charge is 2.23. The lowest BCUT2D eigenvalue weighted by Crippen LogP contribution is -2.24. The molecule has 0 saturated carbocycles. The van der Waals surface area contributed by atoms with Crippen LogP contribution < -0.4 is 5.73 Å². The monoisotopic (exact) mass is 342 g/mol. The van der Waals surface area contributed by atoms with Crippen LogP contribution in [0.25, 0.3) is 10.9 Å². The van der Waals surface area contributed by atoms with Crippen LogP contribution in [0.3, 0.4) is 0 Å². The summed E-state index contributed by atoms with van der Waals surface area (Å²) in [5.41, 5.74) is 7.54. The van der Waals surface area contributed by atoms with Crippen LogP contribution in [0.1, 0.15) is 27.6 Å². The third-order valence-electron chi connectivity index (χ3n) is 3.74. The molecule has 3 N–H and O–H groups in total. The van der Waals surface area contributed by atoms with Gasteiger partial charge in [0.2, 0.25) is 5.78 Å². The van der Waals surface area contributed by atoms with Crippen LogP contribution in [-0.4, -0.2) is 22.8 Å². The van der Waals surface area contributed by atoms with Gasteiger partial charge in [0.05, 0.1) is 16.3 Å². The number of benzene rings is 2. The minimum Gasteiger partial charge on any atom is -0.451 e. The molecule has 0 amide bonds. The van der Waals surface area contributed by atoms with Crippen molar-refractivity contribution in [3.63, 3.8) is 0 Å². The zero-order chi connectivity index (χ0) is 17.3. The predicted octanol–water partition coefficient (Wildman–Crippen LogP) is 3.83. The van der Waals surface area contributed by atoms with E-state index in [9.17, 15) is 9.59 Å². The molecule has 24 heavy (non-hydrogen) atoms. The summed E-state index contributed by atoms with van der Waals surface area (Å²) in [6.07, 6.45) is 0.700. The normalized spacial score (nSPS) is 12.1. The van der Waals surface area contributed by atoms with Crippen molar-refractivity contribution in [1.82, 2.24) is 4.98 Å². The predicted molar refractivity (Wildman–Crippen MR) is 93.4 cm³/mol. The molecule has 0 aliphatic rings. The number of nitrogens with two attached hydrogens (primary N) is 1. The van der Waals surface area contributed by atoms with Crippen molar-refractivity contribution in [3.05, 3.63) is 64.8 Å². The van der Waals surface area contributed by atoms with Gasteiger partial charge in [-0.3, -0.25) is 4.79 Å². The molecule has 1 atom stereocenters. The third-order valence-corrected chi connectivity index (χ3v) is 4.08. The van der Waals surface area contributed by atoms with Gasteiger partial charge in [0, 0.05) is 22.7 Å². The average Bonchev–Trinajstić information content (AvgIpc) is 3.00. The number of fused-ring (bicyclic) bond motifs is 1. The summed E-state index contributed by atoms with van der Waals surface area (Å²) in [7, 11) is 0. The van der Waals surface area contributed by atoms with Crippen LogP contribution in [0, 0.1) is 0 Å². The molecule has 5 nitrogen and oxygen atoms in total. The Kier molecular flexibility index (Phi) is 4.27. The highest BCUT2D eigenvalue weighted by Crippen LogP contribution is 2.22. The maximum absolute atomic E-state index is 12.6. The first-order valence-electron chi connectivity index (χ1n) is 7.33. The number of aromatic nitrogens is 1. The molecular formula is C18H15ClN2O3. The Morgan fingerprint density at radius 1 is 1.21 bits per heavy atom. The number of nitrogens with one attached hydrogen (secondary N) is 1. The van der Waals surface area contributed by atoms with Gasteiger partial charge >= 0.3 is 5.97 Å². The van der Waals surface area contributed by atoms with Gasteiger partial charge < -0.3 is 15.5 Å². The van der Waals surface area contributed by atoms with Crippen LogP contribution in [0.2, 0.25) is 5.02 Å². The Labute approximate surface area is 143 Å². The van der Waals surface area contributed by atoms with E-state index in [2.05, 4.69) is 4.98 Å². The molecule has 0 saturated heterocycles. The second-order valence-electron chi connectivity index (χ2n) is 5.40. The lowest BCUT2D eigenvalue weighted by molar-refractivity contribution is 0.0319. The van der Waals surface area contributed by atoms with Gasteiger partial charge in [-0.15, -0.1) is 0 Å². The number of rotatable bonds is 4. The summed E-state index contributed by atoms with van der Waals surface area (Å²) in [5, 5.41) is 1.15. The van der Waals surface area contributed by atoms with E-state index in [1.54, 1.807) is 13.1 Å². The number of hydrogen-bond donors (Lipinski definition) is 2. The first kappa shape index (κ1) is 16.1. The summed E-state index contributed by atoms with van der Waals surface area (Å²) in [6, 6.07) is 11.9. The second-order valence-corrected chi connectivity index (χ2v) is 5.80. The largest absolute Gasteiger partial charge is 0.451 e. The number of ether oxygens (including phenoxy) is 1. The topological polar surface area (TPSA) is 85.2 Å². The number of anilines is 1. The molecule has 2 aromatic carbocycles. The summed E-state index contributed by atoms with van der Waals surface area (Å²) in [6.45, 7) is 1.54. The summed E-state index contributed by atoms with van der Waals surface area (Å²) in [4.78, 5) is 27.8. The number of esters is 1. The minimum atomic E-state index is -0.923. The number of carbonyl (C=O) groups is 2. The Bertz CT molecular complexity index is 933. The number of hydrogen-bond acceptors (Lipinski definition) is 4. The summed E-state index contributed by atoms with van der Waals surface area (Å²) >= 11 is 5.83. The number of carbonyl (C=O) groups excluding carboxylic acids is 2. The van der Waals surface area contributed by atoms with E-state index in [1.165, 1.54) is 18.2 Å². The first-order chi connectivity index (χ1) is 11.5. The lowest BCUT2D eigenvalue weighted by Gasteiger charge is -2.12. The van der Waals surface area contributed by atoms with Crippen molar-refractivity contribution in [3.8, 4) is 0 Å². The van der Waals surface area contributed by atoms with Crippen LogP contribution in [0.4, 0.5) is 5.69 Å². The van der Waals surface area contributed by atoms with E-state index in [0.29, 0.717) is 10.6 Å². The fraction of sp³-hybridized carbons (Fsp3) is 0.111. The van der Waals surface area contributed by atoms with Gasteiger partial charge in [-0.05, 0) is 31.2 Å². The van der Waals surface area contributed by atoms with Gasteiger partial charge in [0.25, 0.3) is 0 Å². The van der Waals surface area contributed by atoms with E-state index in [-0.39, 0.29) is 17.0 Å². The second kappa shape index (κ2) is 6.37. The Morgan fingerprint density at radius 2 is 1.96 bits per heavy atom. The van der Waals surface area contributed by atoms with Gasteiger partial charge in [0.1, 0.15) is 0 Å². The van der Waals surface area contributed by atoms with Crippen LogP contribution in [0.15, 0.2) is 48.7 Å². The average molecular weight is 343 g/mol. The Morgan fingerprint density at radius 3 is 2.71 bits per heavy atom. The molecule has 1 heterocycles. The molecule has 0 aliphatic heterocycles. The zero-order valence-corrected chi connectivity index (χ0v) is 13.6. The lowest BCUT2D eigenvalue weighted by atomic mass is 10.1. The van der Waals surface area contributed by atoms with E-state index < -0.39 is 12.1 Å². The summed E-state index contributed by atoms with van der Waals surface area (Å²) < 4.78 is 5.26. The SMILES string of the molecule is C[C@@H](OC(=O)c1ccc(Cl)c(N)c1)C(=O)c1c[nH]c2ccccc12. The van der Waals surface area contributed by atoms with Crippen molar-refractivity contribution in [1.29, 1.82) is 0 Å². The van der Waals surface area contributed by atoms with Crippen LogP contribution in [0.5, 0.6) is 0 Å². The molecule has 0 aliphatic carbocycles. The van der Waals surface area contributed by atoms with Crippen molar-refractivity contribution >= 4 is 39.9 Å². The van der Waals surface area contributed by atoms with Crippen molar-refractivity contribution in [2.24, 2.45) is 0 Å². The Balaban J connectivity index is 1.78. The van der Waals surface area contributed by atoms with Gasteiger partial charge in [0.15, 0.2) is 6.10 Å². The number of H-pyrrole nitrogens is 1. The third kappa shape index (κ3) is 2.98. The summed E-state index contributed by atoms with van der Waals surface area (Å²) in [5.74, 6) is -0.901. The number of ketones is 1. The molecule has 122 valence electrons. The van der Waals surface area contributed by atoms with Crippen LogP contribution in [-0.2, 0) is 4.74 Å². The first-order valence-corrected chi connectivity index (χ1v) is 7.71. The standard InChI is InChI=1S/C18H15ClN2O3/c1-10(24-18(23)11-6-7-14(19)15(20)8-11)17(22)13-9-21-16-5-3-2-4-12(13)16/h2-10,21H,20H2,1H3/t10-/m1/s1. The molecule has 0 unspecified atom stereocenters. The van der Waals surface area contributed by atoms with Crippen molar-refractivity contribution < 1.29 is 14.3 Å². The fourth-order valence-electron chi connectivity index (χ4n) is 2.45. The highest BCUT2D eigenvalue weighted by molar-refractivity contribution is 6.33. The van der Waals surface area contributed by atoms with E-state index >= 15 is 0 Å². The smallest absolute Gasteiger partial charge is 0.338 e. The minimum absolute atomic E-state index is 0.246. The molecule has 3 aromatic rings. The van der Waals surface area contributed by atoms with E-state index in [4.69, 9.17) is 22.1 Å². The highest BCUT2D eigenvalue weighted by atomic mass is 35.5. The van der Waals surface area contributed by atoms with Crippen molar-refractivity contribution in [2.45, 2.75) is 13.0 Å². The maximum atomic E-state index is 12.6. The van der Waals surface area contributed by atoms with Gasteiger partial charge in [-0.1, -0.05) is 29.8 Å². The van der Waals surface area contributed by atoms with E-state index in [1.807, 2.05) is 24.3 Å².